The molecule has 3 N–H and O–H groups in total. The fourth-order valence-electron chi connectivity index (χ4n) is 2.53. The van der Waals surface area contributed by atoms with Crippen molar-refractivity contribution in [2.45, 2.75) is 49.6 Å². The number of nitro benzene ring substituents is 1. The van der Waals surface area contributed by atoms with Gasteiger partial charge in [0.05, 0.1) is 9.82 Å². The molecule has 0 saturated heterocycles. The second-order valence-electron chi connectivity index (χ2n) is 5.38. The Labute approximate surface area is 123 Å². The first kappa shape index (κ1) is 15.9. The highest BCUT2D eigenvalue weighted by molar-refractivity contribution is 7.89. The zero-order chi connectivity index (χ0) is 15.6. The van der Waals surface area contributed by atoms with E-state index in [1.165, 1.54) is 12.1 Å². The Bertz CT molecular complexity index is 645. The van der Waals surface area contributed by atoms with Crippen LogP contribution >= 0.6 is 0 Å². The van der Waals surface area contributed by atoms with Crippen molar-refractivity contribution in [2.75, 3.05) is 0 Å². The van der Waals surface area contributed by atoms with Crippen LogP contribution in [0.4, 0.5) is 5.69 Å². The van der Waals surface area contributed by atoms with Crippen molar-refractivity contribution in [2.24, 2.45) is 5.73 Å². The van der Waals surface area contributed by atoms with Crippen LogP contribution in [0.15, 0.2) is 23.1 Å². The van der Waals surface area contributed by atoms with E-state index in [0.717, 1.165) is 25.3 Å². The summed E-state index contributed by atoms with van der Waals surface area (Å²) in [5, 5.41) is 10.9. The number of benzene rings is 1. The first-order valence-corrected chi connectivity index (χ1v) is 8.32. The third-order valence-corrected chi connectivity index (χ3v) is 5.30. The second kappa shape index (κ2) is 6.08. The molecule has 0 aliphatic heterocycles. The fourth-order valence-corrected chi connectivity index (χ4v) is 3.87. The van der Waals surface area contributed by atoms with Gasteiger partial charge in [0.25, 0.3) is 5.69 Å². The van der Waals surface area contributed by atoms with Crippen molar-refractivity contribution < 1.29 is 13.3 Å². The van der Waals surface area contributed by atoms with Gasteiger partial charge in [-0.05, 0) is 25.8 Å². The zero-order valence-electron chi connectivity index (χ0n) is 11.8. The lowest BCUT2D eigenvalue weighted by Gasteiger charge is -2.29. The topological polar surface area (TPSA) is 115 Å². The van der Waals surface area contributed by atoms with Gasteiger partial charge in [-0.1, -0.05) is 18.9 Å². The van der Waals surface area contributed by atoms with Gasteiger partial charge in [-0.15, -0.1) is 0 Å². The largest absolute Gasteiger partial charge is 0.326 e. The molecule has 2 atom stereocenters. The Kier molecular flexibility index (Phi) is 4.60. The average molecular weight is 313 g/mol. The molecule has 7 nitrogen and oxygen atoms in total. The average Bonchev–Trinajstić information content (AvgIpc) is 2.41. The van der Waals surface area contributed by atoms with Gasteiger partial charge in [0.15, 0.2) is 0 Å². The molecule has 0 aromatic heterocycles. The Balaban J connectivity index is 2.27. The van der Waals surface area contributed by atoms with E-state index in [1.807, 2.05) is 0 Å². The van der Waals surface area contributed by atoms with E-state index in [4.69, 9.17) is 5.73 Å². The third-order valence-electron chi connectivity index (χ3n) is 3.81. The van der Waals surface area contributed by atoms with Crippen LogP contribution in [0.25, 0.3) is 0 Å². The molecule has 0 amide bonds. The lowest BCUT2D eigenvalue weighted by atomic mass is 9.92. The normalized spacial score (nSPS) is 23.0. The molecule has 2 rings (SSSR count). The molecule has 1 aliphatic carbocycles. The summed E-state index contributed by atoms with van der Waals surface area (Å²) in [6, 6.07) is 3.37. The third kappa shape index (κ3) is 3.58. The molecule has 21 heavy (non-hydrogen) atoms. The maximum atomic E-state index is 12.3. The highest BCUT2D eigenvalue weighted by atomic mass is 32.2. The summed E-state index contributed by atoms with van der Waals surface area (Å²) in [6.45, 7) is 1.57. The maximum Gasteiger partial charge on any atom is 0.273 e. The smallest absolute Gasteiger partial charge is 0.273 e. The van der Waals surface area contributed by atoms with Crippen molar-refractivity contribution in [1.82, 2.24) is 4.72 Å². The molecule has 116 valence electrons. The van der Waals surface area contributed by atoms with Crippen LogP contribution in [0.2, 0.25) is 0 Å². The van der Waals surface area contributed by atoms with Crippen molar-refractivity contribution >= 4 is 15.7 Å². The molecular weight excluding hydrogens is 294 g/mol. The number of nitro groups is 1. The van der Waals surface area contributed by atoms with E-state index in [-0.39, 0.29) is 22.7 Å². The number of nitrogens with zero attached hydrogens (tertiary/aromatic N) is 1. The van der Waals surface area contributed by atoms with Crippen LogP contribution in [0.3, 0.4) is 0 Å². The van der Waals surface area contributed by atoms with E-state index < -0.39 is 14.9 Å². The fraction of sp³-hybridized carbons (Fsp3) is 0.538. The van der Waals surface area contributed by atoms with Gasteiger partial charge in [-0.3, -0.25) is 10.1 Å². The van der Waals surface area contributed by atoms with Gasteiger partial charge in [0.2, 0.25) is 10.0 Å². The number of sulfonamides is 1. The molecule has 8 heteroatoms. The minimum absolute atomic E-state index is 0.0995. The zero-order valence-corrected chi connectivity index (χ0v) is 12.6. The molecule has 2 unspecified atom stereocenters. The summed E-state index contributed by atoms with van der Waals surface area (Å²) in [6.07, 6.45) is 3.39. The molecule has 0 heterocycles. The number of nitrogens with two attached hydrogens (primary N) is 1. The first-order valence-electron chi connectivity index (χ1n) is 6.84. The Hall–Kier alpha value is -1.51. The van der Waals surface area contributed by atoms with E-state index in [9.17, 15) is 18.5 Å². The lowest BCUT2D eigenvalue weighted by molar-refractivity contribution is -0.385. The van der Waals surface area contributed by atoms with E-state index in [0.29, 0.717) is 12.0 Å². The van der Waals surface area contributed by atoms with E-state index >= 15 is 0 Å². The SMILES string of the molecule is Cc1ccc(S(=O)(=O)NC2CCCCC2N)cc1[N+](=O)[O-]. The molecule has 1 saturated carbocycles. The van der Waals surface area contributed by atoms with E-state index in [2.05, 4.69) is 4.72 Å². The number of nitrogens with one attached hydrogen (secondary N) is 1. The standard InChI is InChI=1S/C13H19N3O4S/c1-9-6-7-10(8-13(9)16(17)18)21(19,20)15-12-5-3-2-4-11(12)14/h6-8,11-12,15H,2-5,14H2,1H3. The maximum absolute atomic E-state index is 12.3. The number of hydrogen-bond donors (Lipinski definition) is 2. The molecule has 1 fully saturated rings. The Morgan fingerprint density at radius 3 is 2.62 bits per heavy atom. The molecule has 0 bridgehead atoms. The molecule has 1 aliphatic rings. The van der Waals surface area contributed by atoms with Crippen molar-refractivity contribution in [3.8, 4) is 0 Å². The van der Waals surface area contributed by atoms with Gasteiger partial charge in [-0.25, -0.2) is 13.1 Å². The van der Waals surface area contributed by atoms with Gasteiger partial charge in [0, 0.05) is 23.7 Å². The highest BCUT2D eigenvalue weighted by Gasteiger charge is 2.28. The van der Waals surface area contributed by atoms with Crippen LogP contribution in [0.5, 0.6) is 0 Å². The number of hydrogen-bond acceptors (Lipinski definition) is 5. The predicted octanol–water partition coefficient (Wildman–Crippen LogP) is 1.45. The van der Waals surface area contributed by atoms with Crippen LogP contribution in [0.1, 0.15) is 31.2 Å². The molecule has 1 aromatic carbocycles. The molecule has 0 spiro atoms. The summed E-state index contributed by atoms with van der Waals surface area (Å²) in [5.41, 5.74) is 6.15. The minimum atomic E-state index is -3.80. The van der Waals surface area contributed by atoms with Crippen LogP contribution in [-0.4, -0.2) is 25.4 Å². The summed E-state index contributed by atoms with van der Waals surface area (Å²) < 4.78 is 27.3. The number of aryl methyl sites for hydroxylation is 1. The molecule has 0 radical (unpaired) electrons. The molecule has 1 aromatic rings. The molecular formula is C13H19N3O4S. The van der Waals surface area contributed by atoms with Crippen molar-refractivity contribution in [3.63, 3.8) is 0 Å². The quantitative estimate of drug-likeness (QED) is 0.645. The van der Waals surface area contributed by atoms with Crippen LogP contribution in [-0.2, 0) is 10.0 Å². The summed E-state index contributed by atoms with van der Waals surface area (Å²) in [4.78, 5) is 10.2. The van der Waals surface area contributed by atoms with Gasteiger partial charge >= 0.3 is 0 Å². The lowest BCUT2D eigenvalue weighted by Crippen LogP contribution is -2.49. The summed E-state index contributed by atoms with van der Waals surface area (Å²) in [7, 11) is -3.80. The second-order valence-corrected chi connectivity index (χ2v) is 7.10. The van der Waals surface area contributed by atoms with Crippen LogP contribution < -0.4 is 10.5 Å². The minimum Gasteiger partial charge on any atom is -0.326 e. The van der Waals surface area contributed by atoms with Crippen molar-refractivity contribution in [3.05, 3.63) is 33.9 Å². The van der Waals surface area contributed by atoms with Gasteiger partial charge in [0.1, 0.15) is 0 Å². The first-order chi connectivity index (χ1) is 9.81. The summed E-state index contributed by atoms with van der Waals surface area (Å²) >= 11 is 0. The summed E-state index contributed by atoms with van der Waals surface area (Å²) in [5.74, 6) is 0. The van der Waals surface area contributed by atoms with Gasteiger partial charge in [-0.2, -0.15) is 0 Å². The Morgan fingerprint density at radius 1 is 1.33 bits per heavy atom. The van der Waals surface area contributed by atoms with Crippen molar-refractivity contribution in [1.29, 1.82) is 0 Å². The van der Waals surface area contributed by atoms with Crippen LogP contribution in [0, 0.1) is 17.0 Å². The number of rotatable bonds is 4. The van der Waals surface area contributed by atoms with E-state index in [1.54, 1.807) is 6.92 Å². The Morgan fingerprint density at radius 2 is 2.00 bits per heavy atom. The highest BCUT2D eigenvalue weighted by Crippen LogP contribution is 2.24. The van der Waals surface area contributed by atoms with Gasteiger partial charge < -0.3 is 5.73 Å². The monoisotopic (exact) mass is 313 g/mol. The predicted molar refractivity (Wildman–Crippen MR) is 78.4 cm³/mol.